The Labute approximate surface area is 125 Å². The molecule has 5 nitrogen and oxygen atoms in total. The van der Waals surface area contributed by atoms with Crippen molar-refractivity contribution in [3.05, 3.63) is 11.3 Å². The van der Waals surface area contributed by atoms with Crippen molar-refractivity contribution >= 4 is 21.6 Å². The van der Waals surface area contributed by atoms with Crippen LogP contribution >= 0.6 is 11.6 Å². The fourth-order valence-electron chi connectivity index (χ4n) is 2.91. The van der Waals surface area contributed by atoms with Gasteiger partial charge in [-0.3, -0.25) is 5.10 Å². The van der Waals surface area contributed by atoms with Crippen LogP contribution in [0.25, 0.3) is 0 Å². The first-order valence-electron chi connectivity index (χ1n) is 7.14. The van der Waals surface area contributed by atoms with Crippen LogP contribution in [0.3, 0.4) is 0 Å². The summed E-state index contributed by atoms with van der Waals surface area (Å²) in [5, 5.41) is 6.81. The monoisotopic (exact) mass is 319 g/mol. The minimum absolute atomic E-state index is 0.0948. The largest absolute Gasteiger partial charge is 0.281 e. The lowest BCUT2D eigenvalue weighted by molar-refractivity contribution is 0.260. The van der Waals surface area contributed by atoms with Crippen LogP contribution in [0.15, 0.2) is 5.03 Å². The maximum Gasteiger partial charge on any atom is 0.262 e. The fraction of sp³-hybridized carbons (Fsp3) is 0.769. The molecule has 0 radical (unpaired) electrons. The third-order valence-corrected chi connectivity index (χ3v) is 6.28. The Balaban J connectivity index is 2.35. The van der Waals surface area contributed by atoms with Crippen molar-refractivity contribution in [1.29, 1.82) is 0 Å². The Morgan fingerprint density at radius 3 is 2.55 bits per heavy atom. The summed E-state index contributed by atoms with van der Waals surface area (Å²) < 4.78 is 27.3. The van der Waals surface area contributed by atoms with Crippen LogP contribution < -0.4 is 0 Å². The number of halogens is 1. The number of hydrogen-bond donors (Lipinski definition) is 1. The lowest BCUT2D eigenvalue weighted by Crippen LogP contribution is -2.41. The van der Waals surface area contributed by atoms with Gasteiger partial charge in [0.05, 0.1) is 5.88 Å². The zero-order valence-electron chi connectivity index (χ0n) is 12.0. The second-order valence-electron chi connectivity index (χ2n) is 5.27. The predicted octanol–water partition coefficient (Wildman–Crippen LogP) is 2.80. The van der Waals surface area contributed by atoms with Crippen molar-refractivity contribution in [3.63, 3.8) is 0 Å². The van der Waals surface area contributed by atoms with Crippen molar-refractivity contribution in [2.24, 2.45) is 0 Å². The summed E-state index contributed by atoms with van der Waals surface area (Å²) in [5.74, 6) is 0.152. The van der Waals surface area contributed by atoms with E-state index < -0.39 is 10.0 Å². The van der Waals surface area contributed by atoms with Crippen molar-refractivity contribution in [2.75, 3.05) is 6.54 Å². The van der Waals surface area contributed by atoms with E-state index >= 15 is 0 Å². The molecule has 1 aromatic rings. The summed E-state index contributed by atoms with van der Waals surface area (Å²) in [7, 11) is -3.57. The van der Waals surface area contributed by atoms with Gasteiger partial charge in [-0.15, -0.1) is 11.6 Å². The summed E-state index contributed by atoms with van der Waals surface area (Å²) in [6, 6.07) is 0.0962. The molecular weight excluding hydrogens is 298 g/mol. The van der Waals surface area contributed by atoms with E-state index in [0.717, 1.165) is 31.4 Å². The van der Waals surface area contributed by atoms with Crippen molar-refractivity contribution in [2.45, 2.75) is 62.9 Å². The molecule has 1 fully saturated rings. The van der Waals surface area contributed by atoms with Gasteiger partial charge in [0, 0.05) is 23.8 Å². The zero-order valence-corrected chi connectivity index (χ0v) is 13.6. The Kier molecular flexibility index (Phi) is 5.09. The second kappa shape index (κ2) is 6.45. The van der Waals surface area contributed by atoms with Gasteiger partial charge in [-0.25, -0.2) is 8.42 Å². The van der Waals surface area contributed by atoms with Gasteiger partial charge < -0.3 is 0 Å². The summed E-state index contributed by atoms with van der Waals surface area (Å²) >= 11 is 5.88. The lowest BCUT2D eigenvalue weighted by atomic mass is 9.95. The minimum Gasteiger partial charge on any atom is -0.281 e. The highest BCUT2D eigenvalue weighted by Gasteiger charge is 2.34. The van der Waals surface area contributed by atoms with E-state index in [0.29, 0.717) is 12.1 Å². The number of hydrogen-bond acceptors (Lipinski definition) is 3. The molecule has 0 spiro atoms. The number of aromatic nitrogens is 2. The highest BCUT2D eigenvalue weighted by molar-refractivity contribution is 7.89. The number of nitrogens with one attached hydrogen (secondary N) is 1. The van der Waals surface area contributed by atoms with Gasteiger partial charge >= 0.3 is 0 Å². The first kappa shape index (κ1) is 15.8. The van der Waals surface area contributed by atoms with Crippen LogP contribution in [0, 0.1) is 6.92 Å². The van der Waals surface area contributed by atoms with Crippen LogP contribution in [0.1, 0.15) is 50.3 Å². The Hall–Kier alpha value is -0.590. The molecule has 7 heteroatoms. The van der Waals surface area contributed by atoms with Gasteiger partial charge in [0.25, 0.3) is 10.0 Å². The maximum absolute atomic E-state index is 12.8. The molecule has 1 heterocycles. The molecule has 20 heavy (non-hydrogen) atoms. The summed E-state index contributed by atoms with van der Waals surface area (Å²) in [6.45, 7) is 4.15. The van der Waals surface area contributed by atoms with Gasteiger partial charge in [0.1, 0.15) is 0 Å². The second-order valence-corrected chi connectivity index (χ2v) is 7.34. The molecular formula is C13H22ClN3O2S. The Morgan fingerprint density at radius 1 is 1.35 bits per heavy atom. The number of alkyl halides is 1. The number of H-pyrrole nitrogens is 1. The lowest BCUT2D eigenvalue weighted by Gasteiger charge is -2.32. The highest BCUT2D eigenvalue weighted by atomic mass is 35.5. The summed E-state index contributed by atoms with van der Waals surface area (Å²) in [6.07, 6.45) is 5.26. The number of aryl methyl sites for hydroxylation is 1. The van der Waals surface area contributed by atoms with Crippen LogP contribution in [0.4, 0.5) is 0 Å². The smallest absolute Gasteiger partial charge is 0.262 e. The number of aromatic amines is 1. The minimum atomic E-state index is -3.57. The first-order valence-corrected chi connectivity index (χ1v) is 9.11. The van der Waals surface area contributed by atoms with Gasteiger partial charge in [0.15, 0.2) is 5.03 Å². The molecule has 1 aliphatic carbocycles. The first-order chi connectivity index (χ1) is 9.52. The van der Waals surface area contributed by atoms with E-state index in [1.807, 2.05) is 6.92 Å². The van der Waals surface area contributed by atoms with Crippen molar-refractivity contribution in [1.82, 2.24) is 14.5 Å². The quantitative estimate of drug-likeness (QED) is 0.849. The molecule has 2 rings (SSSR count). The van der Waals surface area contributed by atoms with E-state index in [9.17, 15) is 8.42 Å². The molecule has 0 unspecified atom stereocenters. The fourth-order valence-corrected chi connectivity index (χ4v) is 5.17. The standard InChI is InChI=1S/C13H22ClN3O2S/c1-3-17(11-7-5-4-6-8-11)20(18,19)13-12(9-14)10(2)15-16-13/h11H,3-9H2,1-2H3,(H,15,16). The van der Waals surface area contributed by atoms with Gasteiger partial charge in [-0.2, -0.15) is 9.40 Å². The molecule has 1 aliphatic rings. The molecule has 0 amide bonds. The molecule has 0 atom stereocenters. The molecule has 0 bridgehead atoms. The van der Waals surface area contributed by atoms with E-state index in [4.69, 9.17) is 11.6 Å². The SMILES string of the molecule is CCN(C1CCCCC1)S(=O)(=O)c1n[nH]c(C)c1CCl. The number of rotatable bonds is 5. The summed E-state index contributed by atoms with van der Waals surface area (Å²) in [4.78, 5) is 0. The van der Waals surface area contributed by atoms with Gasteiger partial charge in [-0.1, -0.05) is 26.2 Å². The Morgan fingerprint density at radius 2 is 2.00 bits per heavy atom. The molecule has 114 valence electrons. The molecule has 1 aromatic heterocycles. The number of nitrogens with zero attached hydrogens (tertiary/aromatic N) is 2. The van der Waals surface area contributed by atoms with Crippen LogP contribution in [-0.2, 0) is 15.9 Å². The topological polar surface area (TPSA) is 66.1 Å². The van der Waals surface area contributed by atoms with Crippen LogP contribution in [-0.4, -0.2) is 35.5 Å². The number of sulfonamides is 1. The van der Waals surface area contributed by atoms with E-state index in [2.05, 4.69) is 10.2 Å². The average molecular weight is 320 g/mol. The average Bonchev–Trinajstić information content (AvgIpc) is 2.82. The third-order valence-electron chi connectivity index (χ3n) is 4.02. The predicted molar refractivity (Wildman–Crippen MR) is 79.3 cm³/mol. The van der Waals surface area contributed by atoms with Gasteiger partial charge in [-0.05, 0) is 19.8 Å². The Bertz CT molecular complexity index is 550. The van der Waals surface area contributed by atoms with Crippen LogP contribution in [0.5, 0.6) is 0 Å². The molecule has 0 aliphatic heterocycles. The highest BCUT2D eigenvalue weighted by Crippen LogP contribution is 2.29. The molecule has 0 saturated heterocycles. The molecule has 1 N–H and O–H groups in total. The van der Waals surface area contributed by atoms with Crippen molar-refractivity contribution < 1.29 is 8.42 Å². The zero-order chi connectivity index (χ0) is 14.8. The summed E-state index contributed by atoms with van der Waals surface area (Å²) in [5.41, 5.74) is 1.30. The van der Waals surface area contributed by atoms with E-state index in [1.54, 1.807) is 11.2 Å². The molecule has 0 aromatic carbocycles. The van der Waals surface area contributed by atoms with Crippen molar-refractivity contribution in [3.8, 4) is 0 Å². The maximum atomic E-state index is 12.8. The van der Waals surface area contributed by atoms with E-state index in [-0.39, 0.29) is 16.9 Å². The van der Waals surface area contributed by atoms with Gasteiger partial charge in [0.2, 0.25) is 0 Å². The molecule has 1 saturated carbocycles. The van der Waals surface area contributed by atoms with E-state index in [1.165, 1.54) is 6.42 Å². The third kappa shape index (κ3) is 2.87. The van der Waals surface area contributed by atoms with Crippen LogP contribution in [0.2, 0.25) is 0 Å². The normalized spacial score (nSPS) is 17.8.